The van der Waals surface area contributed by atoms with Gasteiger partial charge in [0.1, 0.15) is 12.0 Å². The number of hydrogen-bond donors (Lipinski definition) is 1. The summed E-state index contributed by atoms with van der Waals surface area (Å²) in [6.07, 6.45) is 4.26. The van der Waals surface area contributed by atoms with Gasteiger partial charge in [0.05, 0.1) is 26.4 Å². The predicted octanol–water partition coefficient (Wildman–Crippen LogP) is 2.74. The van der Waals surface area contributed by atoms with E-state index in [2.05, 4.69) is 44.4 Å². The van der Waals surface area contributed by atoms with Gasteiger partial charge in [-0.2, -0.15) is 4.98 Å². The van der Waals surface area contributed by atoms with Crippen LogP contribution in [0.4, 0.5) is 11.7 Å². The molecule has 1 aromatic carbocycles. The van der Waals surface area contributed by atoms with Crippen LogP contribution in [-0.2, 0) is 22.6 Å². The second kappa shape index (κ2) is 9.91. The van der Waals surface area contributed by atoms with Crippen molar-refractivity contribution in [1.29, 1.82) is 0 Å². The molecule has 2 fully saturated rings. The zero-order valence-corrected chi connectivity index (χ0v) is 16.4. The Morgan fingerprint density at radius 3 is 2.61 bits per heavy atom. The average molecular weight is 386 g/mol. The molecule has 1 N–H and O–H groups in total. The molecule has 0 radical (unpaired) electrons. The molecule has 28 heavy (non-hydrogen) atoms. The van der Waals surface area contributed by atoms with Crippen LogP contribution < -0.4 is 10.2 Å². The maximum atomic E-state index is 5.72. The summed E-state index contributed by atoms with van der Waals surface area (Å²) in [4.78, 5) is 9.24. The maximum Gasteiger partial charge on any atom is 0.295 e. The molecule has 0 bridgehead atoms. The summed E-state index contributed by atoms with van der Waals surface area (Å²) in [5.74, 6) is 0. The van der Waals surface area contributed by atoms with Gasteiger partial charge in [-0.05, 0) is 30.5 Å². The van der Waals surface area contributed by atoms with Crippen molar-refractivity contribution < 1.29 is 13.9 Å². The van der Waals surface area contributed by atoms with Crippen molar-refractivity contribution in [3.05, 3.63) is 41.8 Å². The van der Waals surface area contributed by atoms with Crippen LogP contribution in [0.1, 0.15) is 24.1 Å². The number of aromatic nitrogens is 1. The Balaban J connectivity index is 1.16. The Morgan fingerprint density at radius 1 is 1.04 bits per heavy atom. The first kappa shape index (κ1) is 19.2. The Labute approximate surface area is 166 Å². The van der Waals surface area contributed by atoms with Gasteiger partial charge < -0.3 is 24.1 Å². The van der Waals surface area contributed by atoms with Crippen molar-refractivity contribution in [3.8, 4) is 0 Å². The topological polar surface area (TPSA) is 63.0 Å². The third kappa shape index (κ3) is 5.47. The van der Waals surface area contributed by atoms with Gasteiger partial charge in [-0.3, -0.25) is 4.90 Å². The zero-order chi connectivity index (χ0) is 19.0. The number of nitrogens with zero attached hydrogens (tertiary/aromatic N) is 3. The fraction of sp³-hybridized carbons (Fsp3) is 0.571. The van der Waals surface area contributed by atoms with Crippen molar-refractivity contribution in [2.75, 3.05) is 62.8 Å². The molecular formula is C21H30N4O3. The van der Waals surface area contributed by atoms with E-state index in [0.717, 1.165) is 38.5 Å². The van der Waals surface area contributed by atoms with Gasteiger partial charge in [0.2, 0.25) is 0 Å². The maximum absolute atomic E-state index is 5.72. The molecule has 152 valence electrons. The summed E-state index contributed by atoms with van der Waals surface area (Å²) in [6, 6.07) is 9.27. The fourth-order valence-electron chi connectivity index (χ4n) is 3.63. The highest BCUT2D eigenvalue weighted by molar-refractivity contribution is 5.48. The first-order valence-corrected chi connectivity index (χ1v) is 10.3. The van der Waals surface area contributed by atoms with Crippen LogP contribution >= 0.6 is 0 Å². The number of hydrogen-bond acceptors (Lipinski definition) is 7. The van der Waals surface area contributed by atoms with Crippen LogP contribution in [0.15, 0.2) is 34.9 Å². The second-order valence-electron chi connectivity index (χ2n) is 7.36. The Hall–Kier alpha value is -2.09. The minimum Gasteiger partial charge on any atom is -0.432 e. The Morgan fingerprint density at radius 2 is 1.82 bits per heavy atom. The Kier molecular flexibility index (Phi) is 6.81. The summed E-state index contributed by atoms with van der Waals surface area (Å²) in [5.41, 5.74) is 3.34. The number of morpholine rings is 1. The van der Waals surface area contributed by atoms with Gasteiger partial charge in [0.25, 0.3) is 6.01 Å². The van der Waals surface area contributed by atoms with Crippen LogP contribution in [0.2, 0.25) is 0 Å². The van der Waals surface area contributed by atoms with E-state index >= 15 is 0 Å². The summed E-state index contributed by atoms with van der Waals surface area (Å²) in [6.45, 7) is 8.74. The number of benzene rings is 1. The molecule has 2 aromatic rings. The first-order valence-electron chi connectivity index (χ1n) is 10.3. The van der Waals surface area contributed by atoms with Crippen LogP contribution in [0.5, 0.6) is 0 Å². The fourth-order valence-corrected chi connectivity index (χ4v) is 3.63. The number of anilines is 2. The normalized spacial score (nSPS) is 17.9. The van der Waals surface area contributed by atoms with Crippen molar-refractivity contribution in [3.63, 3.8) is 0 Å². The highest BCUT2D eigenvalue weighted by Gasteiger charge is 2.12. The van der Waals surface area contributed by atoms with E-state index in [1.54, 1.807) is 6.26 Å². The summed E-state index contributed by atoms with van der Waals surface area (Å²) >= 11 is 0. The van der Waals surface area contributed by atoms with E-state index in [-0.39, 0.29) is 0 Å². The lowest BCUT2D eigenvalue weighted by atomic mass is 10.2. The number of oxazole rings is 1. The Bertz CT molecular complexity index is 707. The van der Waals surface area contributed by atoms with Crippen molar-refractivity contribution in [2.45, 2.75) is 26.0 Å². The van der Waals surface area contributed by atoms with Crippen LogP contribution in [0.25, 0.3) is 0 Å². The highest BCUT2D eigenvalue weighted by Crippen LogP contribution is 2.20. The average Bonchev–Trinajstić information content (AvgIpc) is 3.43. The first-order chi connectivity index (χ1) is 13.9. The summed E-state index contributed by atoms with van der Waals surface area (Å²) in [5, 5.41) is 3.24. The number of rotatable bonds is 9. The van der Waals surface area contributed by atoms with E-state index in [1.165, 1.54) is 37.2 Å². The smallest absolute Gasteiger partial charge is 0.295 e. The lowest BCUT2D eigenvalue weighted by Crippen LogP contribution is -2.38. The number of nitrogens with one attached hydrogen (secondary N) is 1. The quantitative estimate of drug-likeness (QED) is 0.665. The van der Waals surface area contributed by atoms with Gasteiger partial charge >= 0.3 is 0 Å². The van der Waals surface area contributed by atoms with Crippen molar-refractivity contribution in [1.82, 2.24) is 9.88 Å². The number of ether oxygens (including phenoxy) is 2. The van der Waals surface area contributed by atoms with Crippen LogP contribution in [0.3, 0.4) is 0 Å². The van der Waals surface area contributed by atoms with Gasteiger partial charge in [0, 0.05) is 45.0 Å². The molecule has 2 aliphatic rings. The van der Waals surface area contributed by atoms with Gasteiger partial charge in [-0.15, -0.1) is 0 Å². The molecule has 3 heterocycles. The van der Waals surface area contributed by atoms with E-state index in [4.69, 9.17) is 13.9 Å². The van der Waals surface area contributed by atoms with Crippen molar-refractivity contribution in [2.24, 2.45) is 0 Å². The molecule has 7 heteroatoms. The third-order valence-corrected chi connectivity index (χ3v) is 5.31. The highest BCUT2D eigenvalue weighted by atomic mass is 16.5. The molecular weight excluding hydrogens is 356 g/mol. The molecule has 0 saturated carbocycles. The van der Waals surface area contributed by atoms with Crippen LogP contribution in [-0.4, -0.2) is 62.4 Å². The second-order valence-corrected chi connectivity index (χ2v) is 7.36. The van der Waals surface area contributed by atoms with E-state index < -0.39 is 0 Å². The molecule has 0 spiro atoms. The monoisotopic (exact) mass is 386 g/mol. The largest absolute Gasteiger partial charge is 0.432 e. The molecule has 7 nitrogen and oxygen atoms in total. The standard InChI is InChI=1S/C21H30N4O3/c1-2-8-25(7-1)20-5-3-18(4-6-20)15-22-21-23-19(17-28-21)16-27-14-11-24-9-12-26-13-10-24/h3-6,17H,1-2,7-16H2,(H,22,23). The minimum atomic E-state index is 0.472. The van der Waals surface area contributed by atoms with E-state index in [9.17, 15) is 0 Å². The molecule has 0 aliphatic carbocycles. The summed E-state index contributed by atoms with van der Waals surface area (Å²) < 4.78 is 16.6. The van der Waals surface area contributed by atoms with Gasteiger partial charge in [0.15, 0.2) is 0 Å². The van der Waals surface area contributed by atoms with Gasteiger partial charge in [-0.25, -0.2) is 0 Å². The molecule has 0 amide bonds. The SMILES string of the molecule is c1cc(N2CCCC2)ccc1CNc1nc(COCCN2CCOCC2)co1. The van der Waals surface area contributed by atoms with Gasteiger partial charge in [-0.1, -0.05) is 12.1 Å². The molecule has 0 atom stereocenters. The lowest BCUT2D eigenvalue weighted by Gasteiger charge is -2.26. The van der Waals surface area contributed by atoms with Crippen LogP contribution in [0, 0.1) is 0 Å². The molecule has 4 rings (SSSR count). The zero-order valence-electron chi connectivity index (χ0n) is 16.4. The predicted molar refractivity (Wildman–Crippen MR) is 109 cm³/mol. The molecule has 1 aromatic heterocycles. The van der Waals surface area contributed by atoms with E-state index in [1.807, 2.05) is 0 Å². The van der Waals surface area contributed by atoms with Crippen molar-refractivity contribution >= 4 is 11.7 Å². The lowest BCUT2D eigenvalue weighted by molar-refractivity contribution is 0.0177. The molecule has 2 saturated heterocycles. The minimum absolute atomic E-state index is 0.472. The van der Waals surface area contributed by atoms with E-state index in [0.29, 0.717) is 25.8 Å². The third-order valence-electron chi connectivity index (χ3n) is 5.31. The molecule has 0 unspecified atom stereocenters. The molecule has 2 aliphatic heterocycles. The summed E-state index contributed by atoms with van der Waals surface area (Å²) in [7, 11) is 0.